The van der Waals surface area contributed by atoms with Gasteiger partial charge in [-0.25, -0.2) is 0 Å². The number of nitrogens with two attached hydrogens (primary N) is 1. The third-order valence-electron chi connectivity index (χ3n) is 2.34. The molecule has 0 fully saturated rings. The molecule has 0 spiro atoms. The lowest BCUT2D eigenvalue weighted by Crippen LogP contribution is -2.13. The van der Waals surface area contributed by atoms with E-state index < -0.39 is 11.7 Å². The highest BCUT2D eigenvalue weighted by Gasteiger charge is 2.30. The van der Waals surface area contributed by atoms with Crippen LogP contribution in [-0.4, -0.2) is 31.3 Å². The molecule has 18 heavy (non-hydrogen) atoms. The molecule has 102 valence electrons. The smallest absolute Gasteiger partial charge is 0.398 e. The number of anilines is 1. The zero-order valence-electron chi connectivity index (χ0n) is 10.4. The Bertz CT molecular complexity index is 391. The van der Waals surface area contributed by atoms with Crippen LogP contribution in [0.15, 0.2) is 23.1 Å². The molecule has 0 saturated heterocycles. The Kier molecular flexibility index (Phi) is 5.34. The standard InChI is InChI=1S/C12H17F3N2S/c1-17(2)6-3-7-18-11-5-4-9(8-10(11)16)12(13,14)15/h4-5,8H,3,6-7,16H2,1-2H3. The van der Waals surface area contributed by atoms with E-state index >= 15 is 0 Å². The number of hydrogen-bond donors (Lipinski definition) is 1. The SMILES string of the molecule is CN(C)CCCSc1ccc(C(F)(F)F)cc1N. The molecule has 6 heteroatoms. The number of rotatable bonds is 5. The number of alkyl halides is 3. The van der Waals surface area contributed by atoms with Crippen molar-refractivity contribution in [3.05, 3.63) is 23.8 Å². The molecule has 0 aliphatic rings. The van der Waals surface area contributed by atoms with Crippen molar-refractivity contribution in [2.45, 2.75) is 17.5 Å². The summed E-state index contributed by atoms with van der Waals surface area (Å²) >= 11 is 1.49. The summed E-state index contributed by atoms with van der Waals surface area (Å²) in [5, 5.41) is 0. The zero-order chi connectivity index (χ0) is 13.8. The van der Waals surface area contributed by atoms with Crippen LogP contribution >= 0.6 is 11.8 Å². The first-order chi connectivity index (χ1) is 8.30. The molecule has 0 heterocycles. The highest BCUT2D eigenvalue weighted by molar-refractivity contribution is 7.99. The van der Waals surface area contributed by atoms with Crippen molar-refractivity contribution in [1.29, 1.82) is 0 Å². The van der Waals surface area contributed by atoms with Crippen molar-refractivity contribution in [2.24, 2.45) is 0 Å². The minimum absolute atomic E-state index is 0.194. The summed E-state index contributed by atoms with van der Waals surface area (Å²) in [6.45, 7) is 0.952. The van der Waals surface area contributed by atoms with Crippen molar-refractivity contribution >= 4 is 17.4 Å². The van der Waals surface area contributed by atoms with Crippen LogP contribution in [0.1, 0.15) is 12.0 Å². The van der Waals surface area contributed by atoms with Gasteiger partial charge in [-0.3, -0.25) is 0 Å². The van der Waals surface area contributed by atoms with Crippen LogP contribution in [0.2, 0.25) is 0 Å². The van der Waals surface area contributed by atoms with Crippen molar-refractivity contribution in [3.63, 3.8) is 0 Å². The minimum Gasteiger partial charge on any atom is -0.398 e. The number of halogens is 3. The zero-order valence-corrected chi connectivity index (χ0v) is 11.2. The van der Waals surface area contributed by atoms with Gasteiger partial charge in [0.1, 0.15) is 0 Å². The number of benzene rings is 1. The number of nitrogen functional groups attached to an aromatic ring is 1. The third-order valence-corrected chi connectivity index (χ3v) is 3.52. The van der Waals surface area contributed by atoms with Crippen molar-refractivity contribution in [2.75, 3.05) is 32.1 Å². The molecule has 0 saturated carbocycles. The molecule has 0 unspecified atom stereocenters. The summed E-state index contributed by atoms with van der Waals surface area (Å²) in [5.74, 6) is 0.841. The van der Waals surface area contributed by atoms with Gasteiger partial charge in [-0.05, 0) is 51.0 Å². The van der Waals surface area contributed by atoms with Gasteiger partial charge < -0.3 is 10.6 Å². The van der Waals surface area contributed by atoms with E-state index in [1.54, 1.807) is 0 Å². The molecule has 0 aromatic heterocycles. The van der Waals surface area contributed by atoms with Gasteiger partial charge in [-0.1, -0.05) is 0 Å². The molecular formula is C12H17F3N2S. The predicted molar refractivity (Wildman–Crippen MR) is 69.8 cm³/mol. The fourth-order valence-electron chi connectivity index (χ4n) is 1.42. The summed E-state index contributed by atoms with van der Waals surface area (Å²) in [5.41, 5.74) is 5.13. The van der Waals surface area contributed by atoms with Gasteiger partial charge in [-0.2, -0.15) is 13.2 Å². The monoisotopic (exact) mass is 278 g/mol. The maximum absolute atomic E-state index is 12.4. The van der Waals surface area contributed by atoms with Crippen LogP contribution in [0.5, 0.6) is 0 Å². The van der Waals surface area contributed by atoms with E-state index in [9.17, 15) is 13.2 Å². The number of nitrogens with zero attached hydrogens (tertiary/aromatic N) is 1. The Labute approximate surface area is 109 Å². The highest BCUT2D eigenvalue weighted by atomic mass is 32.2. The molecule has 0 amide bonds. The number of hydrogen-bond acceptors (Lipinski definition) is 3. The van der Waals surface area contributed by atoms with E-state index in [-0.39, 0.29) is 5.69 Å². The van der Waals surface area contributed by atoms with E-state index in [0.29, 0.717) is 4.90 Å². The van der Waals surface area contributed by atoms with E-state index in [4.69, 9.17) is 5.73 Å². The largest absolute Gasteiger partial charge is 0.416 e. The molecule has 0 aliphatic carbocycles. The first-order valence-corrected chi connectivity index (χ1v) is 6.53. The quantitative estimate of drug-likeness (QED) is 0.509. The van der Waals surface area contributed by atoms with Crippen LogP contribution in [0.4, 0.5) is 18.9 Å². The van der Waals surface area contributed by atoms with E-state index in [1.807, 2.05) is 14.1 Å². The fourth-order valence-corrected chi connectivity index (χ4v) is 2.30. The molecule has 0 bridgehead atoms. The topological polar surface area (TPSA) is 29.3 Å². The molecule has 0 atom stereocenters. The van der Waals surface area contributed by atoms with Gasteiger partial charge in [-0.15, -0.1) is 11.8 Å². The molecule has 1 rings (SSSR count). The van der Waals surface area contributed by atoms with Gasteiger partial charge in [0.2, 0.25) is 0 Å². The van der Waals surface area contributed by atoms with Crippen LogP contribution in [0.25, 0.3) is 0 Å². The van der Waals surface area contributed by atoms with Crippen molar-refractivity contribution in [1.82, 2.24) is 4.90 Å². The average molecular weight is 278 g/mol. The minimum atomic E-state index is -4.33. The van der Waals surface area contributed by atoms with Gasteiger partial charge in [0.15, 0.2) is 0 Å². The second-order valence-corrected chi connectivity index (χ2v) is 5.39. The second kappa shape index (κ2) is 6.33. The maximum Gasteiger partial charge on any atom is 0.416 e. The van der Waals surface area contributed by atoms with Gasteiger partial charge >= 0.3 is 6.18 Å². The Hall–Kier alpha value is -0.880. The Morgan fingerprint density at radius 1 is 1.28 bits per heavy atom. The second-order valence-electron chi connectivity index (χ2n) is 4.26. The average Bonchev–Trinajstić information content (AvgIpc) is 2.24. The first kappa shape index (κ1) is 15.2. The van der Waals surface area contributed by atoms with Gasteiger partial charge in [0.25, 0.3) is 0 Å². The predicted octanol–water partition coefficient (Wildman–Crippen LogP) is 3.33. The summed E-state index contributed by atoms with van der Waals surface area (Å²) in [7, 11) is 3.97. The van der Waals surface area contributed by atoms with Crippen LogP contribution in [0, 0.1) is 0 Å². The Morgan fingerprint density at radius 3 is 2.44 bits per heavy atom. The lowest BCUT2D eigenvalue weighted by atomic mass is 10.2. The summed E-state index contributed by atoms with van der Waals surface area (Å²) in [4.78, 5) is 2.78. The third kappa shape index (κ3) is 4.78. The van der Waals surface area contributed by atoms with Gasteiger partial charge in [0.05, 0.1) is 5.56 Å². The van der Waals surface area contributed by atoms with Crippen LogP contribution in [0.3, 0.4) is 0 Å². The van der Waals surface area contributed by atoms with Crippen LogP contribution in [-0.2, 0) is 6.18 Å². The van der Waals surface area contributed by atoms with E-state index in [0.717, 1.165) is 30.9 Å². The molecule has 1 aromatic rings. The van der Waals surface area contributed by atoms with Gasteiger partial charge in [0, 0.05) is 10.6 Å². The number of thioether (sulfide) groups is 1. The van der Waals surface area contributed by atoms with Crippen molar-refractivity contribution in [3.8, 4) is 0 Å². The first-order valence-electron chi connectivity index (χ1n) is 5.55. The Morgan fingerprint density at radius 2 is 1.94 bits per heavy atom. The highest BCUT2D eigenvalue weighted by Crippen LogP contribution is 2.34. The summed E-state index contributed by atoms with van der Waals surface area (Å²) in [6, 6.07) is 3.51. The molecule has 1 aromatic carbocycles. The Balaban J connectivity index is 2.58. The van der Waals surface area contributed by atoms with Crippen molar-refractivity contribution < 1.29 is 13.2 Å². The summed E-state index contributed by atoms with van der Waals surface area (Å²) < 4.78 is 37.3. The maximum atomic E-state index is 12.4. The molecule has 2 N–H and O–H groups in total. The molecule has 0 radical (unpaired) electrons. The lowest BCUT2D eigenvalue weighted by molar-refractivity contribution is -0.137. The fraction of sp³-hybridized carbons (Fsp3) is 0.500. The summed E-state index contributed by atoms with van der Waals surface area (Å²) in [6.07, 6.45) is -3.36. The van der Waals surface area contributed by atoms with Crippen LogP contribution < -0.4 is 5.73 Å². The van der Waals surface area contributed by atoms with E-state index in [2.05, 4.69) is 4.90 Å². The van der Waals surface area contributed by atoms with E-state index in [1.165, 1.54) is 17.8 Å². The molecular weight excluding hydrogens is 261 g/mol. The lowest BCUT2D eigenvalue weighted by Gasteiger charge is -2.11. The molecule has 2 nitrogen and oxygen atoms in total. The normalized spacial score (nSPS) is 12.1. The molecule has 0 aliphatic heterocycles.